The smallest absolute Gasteiger partial charge is 0.223 e. The van der Waals surface area contributed by atoms with Gasteiger partial charge in [0.2, 0.25) is 11.8 Å². The van der Waals surface area contributed by atoms with Gasteiger partial charge in [-0.1, -0.05) is 83.3 Å². The average Bonchev–Trinajstić information content (AvgIpc) is 3.30. The van der Waals surface area contributed by atoms with Crippen LogP contribution >= 0.6 is 67.9 Å². The minimum absolute atomic E-state index is 0.0928. The van der Waals surface area contributed by atoms with Crippen molar-refractivity contribution < 1.29 is 9.59 Å². The second-order valence-electron chi connectivity index (χ2n) is 6.38. The van der Waals surface area contributed by atoms with E-state index in [9.17, 15) is 9.59 Å². The molecule has 0 aliphatic carbocycles. The van der Waals surface area contributed by atoms with Gasteiger partial charge in [-0.2, -0.15) is 0 Å². The van der Waals surface area contributed by atoms with Crippen molar-refractivity contribution in [3.05, 3.63) is 66.4 Å². The Labute approximate surface area is 221 Å². The first-order valence-corrected chi connectivity index (χ1v) is 13.1. The van der Waals surface area contributed by atoms with Crippen molar-refractivity contribution in [1.82, 2.24) is 9.97 Å². The quantitative estimate of drug-likeness (QED) is 0.233. The fourth-order valence-electron chi connectivity index (χ4n) is 2.56. The Morgan fingerprint density at radius 2 is 1.03 bits per heavy atom. The van der Waals surface area contributed by atoms with Crippen molar-refractivity contribution >= 4 is 89.9 Å². The number of hydrogen-bond acceptors (Lipinski definition) is 6. The van der Waals surface area contributed by atoms with Crippen LogP contribution in [0.2, 0.25) is 0 Å². The van der Waals surface area contributed by atoms with Crippen LogP contribution in [-0.2, 0) is 9.59 Å². The first kappa shape index (κ1) is 24.7. The van der Waals surface area contributed by atoms with Crippen LogP contribution in [0.25, 0.3) is 22.5 Å². The van der Waals surface area contributed by atoms with Gasteiger partial charge in [0.15, 0.2) is 10.3 Å². The van der Waals surface area contributed by atoms with Gasteiger partial charge < -0.3 is 10.6 Å². The normalized spacial score (nSPS) is 10.1. The van der Waals surface area contributed by atoms with E-state index in [1.807, 2.05) is 60.7 Å². The van der Waals surface area contributed by atoms with Crippen LogP contribution in [0.1, 0.15) is 13.8 Å². The summed E-state index contributed by atoms with van der Waals surface area (Å²) in [5.41, 5.74) is 3.99. The first-order valence-electron chi connectivity index (χ1n) is 9.32. The summed E-state index contributed by atoms with van der Waals surface area (Å²) in [6.45, 7) is 2.97. The number of nitrogens with one attached hydrogen (secondary N) is 2. The maximum absolute atomic E-state index is 10.9. The van der Waals surface area contributed by atoms with E-state index in [4.69, 9.17) is 0 Å². The topological polar surface area (TPSA) is 84.0 Å². The Morgan fingerprint density at radius 1 is 0.688 bits per heavy atom. The molecule has 0 unspecified atom stereocenters. The fraction of sp³-hybridized carbons (Fsp3) is 0.0909. The predicted octanol–water partition coefficient (Wildman–Crippen LogP) is 6.75. The summed E-state index contributed by atoms with van der Waals surface area (Å²) in [5.74, 6) is -0.186. The van der Waals surface area contributed by atoms with E-state index < -0.39 is 0 Å². The lowest BCUT2D eigenvalue weighted by molar-refractivity contribution is -0.115. The molecule has 0 atom stereocenters. The molecule has 2 aromatic carbocycles. The molecular formula is C22H18I2N4O2S2. The molecule has 6 nitrogen and oxygen atoms in total. The number of carbonyl (C=O) groups is 2. The van der Waals surface area contributed by atoms with E-state index >= 15 is 0 Å². The van der Waals surface area contributed by atoms with E-state index in [0.717, 1.165) is 28.3 Å². The number of thiazole rings is 2. The van der Waals surface area contributed by atoms with Gasteiger partial charge in [0.05, 0.1) is 17.2 Å². The predicted molar refractivity (Wildman–Crippen MR) is 149 cm³/mol. The molecule has 10 heteroatoms. The van der Waals surface area contributed by atoms with Crippen LogP contribution in [-0.4, -0.2) is 21.8 Å². The number of anilines is 2. The van der Waals surface area contributed by atoms with Crippen LogP contribution in [0.15, 0.2) is 60.7 Å². The lowest BCUT2D eigenvalue weighted by atomic mass is 10.2. The van der Waals surface area contributed by atoms with Gasteiger partial charge in [-0.05, 0) is 45.2 Å². The van der Waals surface area contributed by atoms with Crippen LogP contribution in [0, 0.1) is 5.77 Å². The molecule has 2 amide bonds. The minimum Gasteiger partial charge on any atom is -0.302 e. The molecule has 2 heterocycles. The second kappa shape index (κ2) is 11.8. The van der Waals surface area contributed by atoms with Crippen molar-refractivity contribution in [2.24, 2.45) is 0 Å². The van der Waals surface area contributed by atoms with E-state index in [1.54, 1.807) is 0 Å². The summed E-state index contributed by atoms with van der Waals surface area (Å²) < 4.78 is 2.15. The van der Waals surface area contributed by atoms with Gasteiger partial charge >= 0.3 is 0 Å². The summed E-state index contributed by atoms with van der Waals surface area (Å²) >= 11 is 7.43. The van der Waals surface area contributed by atoms with E-state index in [0.29, 0.717) is 10.3 Å². The van der Waals surface area contributed by atoms with E-state index in [2.05, 4.69) is 65.8 Å². The van der Waals surface area contributed by atoms with E-state index in [-0.39, 0.29) is 11.8 Å². The van der Waals surface area contributed by atoms with Crippen LogP contribution in [0.4, 0.5) is 10.3 Å². The molecule has 0 radical (unpaired) electrons. The largest absolute Gasteiger partial charge is 0.302 e. The molecule has 0 saturated carbocycles. The van der Waals surface area contributed by atoms with Gasteiger partial charge in [0.25, 0.3) is 0 Å². The number of halogens is 2. The molecule has 0 fully saturated rings. The number of benzene rings is 2. The zero-order valence-electron chi connectivity index (χ0n) is 17.1. The minimum atomic E-state index is -0.0928. The van der Waals surface area contributed by atoms with Crippen molar-refractivity contribution in [3.8, 4) is 22.5 Å². The molecule has 164 valence electrons. The molecule has 32 heavy (non-hydrogen) atoms. The average molecular weight is 688 g/mol. The van der Waals surface area contributed by atoms with Crippen LogP contribution in [0.3, 0.4) is 0 Å². The summed E-state index contributed by atoms with van der Waals surface area (Å²) in [4.78, 5) is 30.6. The van der Waals surface area contributed by atoms with Crippen molar-refractivity contribution in [1.29, 1.82) is 0 Å². The zero-order chi connectivity index (χ0) is 23.1. The monoisotopic (exact) mass is 688 g/mol. The third-order valence-electron chi connectivity index (χ3n) is 3.83. The highest BCUT2D eigenvalue weighted by Crippen LogP contribution is 2.33. The highest BCUT2D eigenvalue weighted by Gasteiger charge is 2.12. The van der Waals surface area contributed by atoms with Crippen molar-refractivity contribution in [3.63, 3.8) is 0 Å². The lowest BCUT2D eigenvalue weighted by Gasteiger charge is -1.96. The molecule has 4 rings (SSSR count). The molecule has 0 saturated heterocycles. The number of nitrogens with zero attached hydrogens (tertiary/aromatic N) is 2. The maximum Gasteiger partial charge on any atom is 0.223 e. The van der Waals surface area contributed by atoms with Crippen molar-refractivity contribution in [2.75, 3.05) is 10.6 Å². The molecule has 4 aromatic rings. The lowest BCUT2D eigenvalue weighted by Crippen LogP contribution is -2.04. The molecular weight excluding hydrogens is 670 g/mol. The summed E-state index contributed by atoms with van der Waals surface area (Å²) in [6, 6.07) is 19.9. The van der Waals surface area contributed by atoms with Crippen LogP contribution in [0.5, 0.6) is 0 Å². The third kappa shape index (κ3) is 7.05. The van der Waals surface area contributed by atoms with Gasteiger partial charge in [0.1, 0.15) is 0 Å². The maximum atomic E-state index is 10.9. The summed E-state index contributed by atoms with van der Waals surface area (Å²) in [6.07, 6.45) is 0. The third-order valence-corrected chi connectivity index (χ3v) is 7.69. The Hall–Kier alpha value is -1.90. The van der Waals surface area contributed by atoms with Gasteiger partial charge in [-0.25, -0.2) is 9.97 Å². The number of hydrogen-bond donors (Lipinski definition) is 2. The zero-order valence-corrected chi connectivity index (χ0v) is 23.0. The van der Waals surface area contributed by atoms with Crippen LogP contribution < -0.4 is 10.6 Å². The van der Waals surface area contributed by atoms with E-state index in [1.165, 1.54) is 36.5 Å². The number of rotatable bonds is 4. The highest BCUT2D eigenvalue weighted by molar-refractivity contribution is 14.1. The first-order chi connectivity index (χ1) is 15.3. The molecule has 0 aliphatic heterocycles. The Morgan fingerprint density at radius 3 is 1.34 bits per heavy atom. The van der Waals surface area contributed by atoms with Gasteiger partial charge in [-0.3, -0.25) is 9.59 Å². The Kier molecular flexibility index (Phi) is 9.13. The molecule has 0 aliphatic rings. The number of amides is 2. The summed E-state index contributed by atoms with van der Waals surface area (Å²) in [7, 11) is 0. The molecule has 0 spiro atoms. The molecule has 2 aromatic heterocycles. The fourth-order valence-corrected chi connectivity index (χ4v) is 6.20. The molecule has 0 bridgehead atoms. The Bertz CT molecular complexity index is 1120. The van der Waals surface area contributed by atoms with Crippen molar-refractivity contribution in [2.45, 2.75) is 13.8 Å². The number of aromatic nitrogens is 2. The summed E-state index contributed by atoms with van der Waals surface area (Å²) in [5, 5.41) is 6.70. The SMILES string of the molecule is CC(=O)Nc1nc(-c2ccccc2)c(I)s1.CC(=O)Nc1nc(-c2ccccc2)c(I)s1. The second-order valence-corrected chi connectivity index (χ2v) is 12.0. The highest BCUT2D eigenvalue weighted by atomic mass is 127. The standard InChI is InChI=1S/2C11H9IN2OS/c2*1-7(15)13-11-14-9(10(12)16-11)8-5-3-2-4-6-8/h2*2-6H,1H3,(H,13,14,15). The Balaban J connectivity index is 0.000000181. The van der Waals surface area contributed by atoms with Gasteiger partial charge in [-0.15, -0.1) is 0 Å². The molecule has 2 N–H and O–H groups in total. The number of carbonyl (C=O) groups excluding carboxylic acids is 2. The van der Waals surface area contributed by atoms with Gasteiger partial charge in [0, 0.05) is 25.0 Å².